The molecule has 0 aromatic carbocycles. The second kappa shape index (κ2) is 4.59. The van der Waals surface area contributed by atoms with Crippen molar-refractivity contribution >= 4 is 21.8 Å². The number of hydrogen-bond acceptors (Lipinski definition) is 2. The minimum Gasteiger partial charge on any atom is -0.337 e. The van der Waals surface area contributed by atoms with Gasteiger partial charge in [-0.15, -0.1) is 0 Å². The number of aromatic nitrogens is 2. The summed E-state index contributed by atoms with van der Waals surface area (Å²) in [6, 6.07) is 1.90. The molecule has 0 saturated heterocycles. The van der Waals surface area contributed by atoms with Gasteiger partial charge in [-0.05, 0) is 13.0 Å². The van der Waals surface area contributed by atoms with Crippen LogP contribution in [0, 0.1) is 0 Å². The van der Waals surface area contributed by atoms with Gasteiger partial charge in [0.15, 0.2) is 0 Å². The van der Waals surface area contributed by atoms with E-state index >= 15 is 0 Å². The quantitative estimate of drug-likeness (QED) is 0.768. The van der Waals surface area contributed by atoms with Crippen molar-refractivity contribution in [2.45, 2.75) is 13.0 Å². The molecule has 0 aliphatic rings. The van der Waals surface area contributed by atoms with Crippen LogP contribution in [0.15, 0.2) is 12.3 Å². The summed E-state index contributed by atoms with van der Waals surface area (Å²) in [6.45, 7) is 1.99. The second-order valence-electron chi connectivity index (χ2n) is 3.26. The van der Waals surface area contributed by atoms with E-state index in [9.17, 15) is 4.79 Å². The van der Waals surface area contributed by atoms with Crippen LogP contribution in [0.2, 0.25) is 0 Å². The Hall–Kier alpha value is -0.840. The molecule has 0 saturated carbocycles. The Balaban J connectivity index is 2.81. The average Bonchev–Trinajstić information content (AvgIpc) is 2.61. The van der Waals surface area contributed by atoms with Gasteiger partial charge in [-0.25, -0.2) is 0 Å². The fourth-order valence-corrected chi connectivity index (χ4v) is 1.50. The van der Waals surface area contributed by atoms with E-state index in [0.717, 1.165) is 5.33 Å². The lowest BCUT2D eigenvalue weighted by atomic mass is 10.3. The topological polar surface area (TPSA) is 38.1 Å². The first-order valence-electron chi connectivity index (χ1n) is 4.39. The van der Waals surface area contributed by atoms with Crippen molar-refractivity contribution in [2.24, 2.45) is 7.05 Å². The fraction of sp³-hybridized carbons (Fsp3) is 0.556. The molecule has 1 unspecified atom stereocenters. The molecule has 1 atom stereocenters. The number of hydrogen-bond donors (Lipinski definition) is 0. The lowest BCUT2D eigenvalue weighted by molar-refractivity contribution is 0.0747. The third-order valence-electron chi connectivity index (χ3n) is 2.24. The molecule has 1 aromatic rings. The van der Waals surface area contributed by atoms with Crippen molar-refractivity contribution < 1.29 is 4.79 Å². The van der Waals surface area contributed by atoms with E-state index in [1.165, 1.54) is 0 Å². The Morgan fingerprint density at radius 1 is 1.79 bits per heavy atom. The van der Waals surface area contributed by atoms with Gasteiger partial charge in [0.2, 0.25) is 0 Å². The van der Waals surface area contributed by atoms with Gasteiger partial charge in [0, 0.05) is 31.7 Å². The lowest BCUT2D eigenvalue weighted by Crippen LogP contribution is -2.37. The van der Waals surface area contributed by atoms with E-state index in [1.54, 1.807) is 35.9 Å². The zero-order valence-corrected chi connectivity index (χ0v) is 10.2. The van der Waals surface area contributed by atoms with Gasteiger partial charge in [-0.1, -0.05) is 15.9 Å². The Morgan fingerprint density at radius 3 is 2.86 bits per heavy atom. The van der Waals surface area contributed by atoms with Gasteiger partial charge in [0.1, 0.15) is 5.69 Å². The molecule has 0 aliphatic heterocycles. The molecule has 5 heteroatoms. The van der Waals surface area contributed by atoms with E-state index in [0.29, 0.717) is 5.69 Å². The number of nitrogens with zero attached hydrogens (tertiary/aromatic N) is 3. The Labute approximate surface area is 92.0 Å². The number of aryl methyl sites for hydroxylation is 1. The number of halogens is 1. The first kappa shape index (κ1) is 11.2. The van der Waals surface area contributed by atoms with Crippen LogP contribution in [0.4, 0.5) is 0 Å². The van der Waals surface area contributed by atoms with Crippen LogP contribution in [0.25, 0.3) is 0 Å². The van der Waals surface area contributed by atoms with Crippen molar-refractivity contribution in [3.8, 4) is 0 Å². The van der Waals surface area contributed by atoms with Gasteiger partial charge in [-0.2, -0.15) is 5.10 Å². The summed E-state index contributed by atoms with van der Waals surface area (Å²) >= 11 is 3.35. The lowest BCUT2D eigenvalue weighted by Gasteiger charge is -2.22. The molecule has 4 nitrogen and oxygen atoms in total. The van der Waals surface area contributed by atoms with Crippen LogP contribution in [-0.4, -0.2) is 39.0 Å². The van der Waals surface area contributed by atoms with Crippen molar-refractivity contribution in [3.63, 3.8) is 0 Å². The molecule has 14 heavy (non-hydrogen) atoms. The number of amides is 1. The van der Waals surface area contributed by atoms with Crippen LogP contribution in [0.1, 0.15) is 17.4 Å². The molecule has 0 radical (unpaired) electrons. The molecule has 1 heterocycles. The maximum absolute atomic E-state index is 11.9. The number of rotatable bonds is 3. The third-order valence-corrected chi connectivity index (χ3v) is 3.18. The summed E-state index contributed by atoms with van der Waals surface area (Å²) in [7, 11) is 3.56. The predicted molar refractivity (Wildman–Crippen MR) is 58.6 cm³/mol. The summed E-state index contributed by atoms with van der Waals surface area (Å²) in [5, 5.41) is 4.73. The third kappa shape index (κ3) is 2.15. The smallest absolute Gasteiger partial charge is 0.272 e. The van der Waals surface area contributed by atoms with Crippen LogP contribution in [0.3, 0.4) is 0 Å². The largest absolute Gasteiger partial charge is 0.337 e. The summed E-state index contributed by atoms with van der Waals surface area (Å²) < 4.78 is 1.58. The van der Waals surface area contributed by atoms with Gasteiger partial charge in [-0.3, -0.25) is 9.48 Å². The Morgan fingerprint density at radius 2 is 2.43 bits per heavy atom. The molecule has 1 amide bonds. The fourth-order valence-electron chi connectivity index (χ4n) is 1.07. The van der Waals surface area contributed by atoms with Crippen LogP contribution >= 0.6 is 15.9 Å². The maximum atomic E-state index is 11.9. The zero-order valence-electron chi connectivity index (χ0n) is 8.57. The second-order valence-corrected chi connectivity index (χ2v) is 3.91. The van der Waals surface area contributed by atoms with Crippen molar-refractivity contribution in [1.29, 1.82) is 0 Å². The van der Waals surface area contributed by atoms with E-state index in [2.05, 4.69) is 21.0 Å². The maximum Gasteiger partial charge on any atom is 0.272 e. The highest BCUT2D eigenvalue weighted by Gasteiger charge is 2.18. The Bertz CT molecular complexity index is 324. The summed E-state index contributed by atoms with van der Waals surface area (Å²) in [5.74, 6) is -0.00282. The number of alkyl halides is 1. The first-order chi connectivity index (χ1) is 6.57. The zero-order chi connectivity index (χ0) is 10.7. The average molecular weight is 260 g/mol. The van der Waals surface area contributed by atoms with Gasteiger partial charge in [0.05, 0.1) is 0 Å². The minimum atomic E-state index is -0.00282. The molecule has 0 bridgehead atoms. The first-order valence-corrected chi connectivity index (χ1v) is 5.51. The molecule has 78 valence electrons. The van der Waals surface area contributed by atoms with Gasteiger partial charge < -0.3 is 4.90 Å². The molecule has 0 aliphatic carbocycles. The van der Waals surface area contributed by atoms with Crippen molar-refractivity contribution in [1.82, 2.24) is 14.7 Å². The van der Waals surface area contributed by atoms with E-state index in [1.807, 2.05) is 6.92 Å². The number of carbonyl (C=O) groups is 1. The molecule has 0 spiro atoms. The van der Waals surface area contributed by atoms with E-state index in [-0.39, 0.29) is 11.9 Å². The highest BCUT2D eigenvalue weighted by Crippen LogP contribution is 2.06. The van der Waals surface area contributed by atoms with Crippen LogP contribution in [0.5, 0.6) is 0 Å². The van der Waals surface area contributed by atoms with Crippen LogP contribution in [-0.2, 0) is 7.05 Å². The normalized spacial score (nSPS) is 12.6. The highest BCUT2D eigenvalue weighted by molar-refractivity contribution is 9.09. The van der Waals surface area contributed by atoms with E-state index in [4.69, 9.17) is 0 Å². The molecular formula is C9H14BrN3O. The highest BCUT2D eigenvalue weighted by atomic mass is 79.9. The molecule has 0 fully saturated rings. The molecule has 0 N–H and O–H groups in total. The monoisotopic (exact) mass is 259 g/mol. The number of carbonyl (C=O) groups excluding carboxylic acids is 1. The van der Waals surface area contributed by atoms with Crippen molar-refractivity contribution in [2.75, 3.05) is 12.4 Å². The summed E-state index contributed by atoms with van der Waals surface area (Å²) in [6.07, 6.45) is 1.62. The van der Waals surface area contributed by atoms with E-state index < -0.39 is 0 Å². The summed E-state index contributed by atoms with van der Waals surface area (Å²) in [5.41, 5.74) is 0.611. The standard InChI is InChI=1S/C9H14BrN3O/c1-7(6-10)12(2)9(14)8-4-5-11-13(8)3/h4-5,7H,6H2,1-3H3. The minimum absolute atomic E-state index is 0.00282. The van der Waals surface area contributed by atoms with Crippen molar-refractivity contribution in [3.05, 3.63) is 18.0 Å². The van der Waals surface area contributed by atoms with Gasteiger partial charge >= 0.3 is 0 Å². The SMILES string of the molecule is CC(CBr)N(C)C(=O)c1ccnn1C. The molecular weight excluding hydrogens is 246 g/mol. The van der Waals surface area contributed by atoms with Crippen LogP contribution < -0.4 is 0 Å². The van der Waals surface area contributed by atoms with Gasteiger partial charge in [0.25, 0.3) is 5.91 Å². The summed E-state index contributed by atoms with van der Waals surface area (Å²) in [4.78, 5) is 13.6. The molecule has 1 aromatic heterocycles. The predicted octanol–water partition coefficient (Wildman–Crippen LogP) is 1.28. The Kier molecular flexibility index (Phi) is 3.69. The molecule has 1 rings (SSSR count).